The molecule has 0 fully saturated rings. The maximum absolute atomic E-state index is 10.8. The molecule has 0 aliphatic rings. The number of hydrogen-bond donors (Lipinski definition) is 0. The molecule has 92 valence electrons. The van der Waals surface area contributed by atoms with Crippen LogP contribution in [0.1, 0.15) is 45.4 Å². The van der Waals surface area contributed by atoms with Gasteiger partial charge in [0.05, 0.1) is 7.11 Å². The Balaban J connectivity index is 3.73. The van der Waals surface area contributed by atoms with Crippen LogP contribution in [0.3, 0.4) is 0 Å². The van der Waals surface area contributed by atoms with Gasteiger partial charge in [0.25, 0.3) is 0 Å². The number of unbranched alkanes of at least 4 members (excludes halogenated alkanes) is 4. The molecule has 0 saturated carbocycles. The van der Waals surface area contributed by atoms with E-state index in [1.165, 1.54) is 32.8 Å². The minimum atomic E-state index is -0.506. The zero-order chi connectivity index (χ0) is 12.2. The van der Waals surface area contributed by atoms with E-state index in [0.29, 0.717) is 0 Å². The lowest BCUT2D eigenvalue weighted by Crippen LogP contribution is -2.08. The second kappa shape index (κ2) is 10.5. The molecule has 0 aromatic rings. The van der Waals surface area contributed by atoms with E-state index in [1.807, 2.05) is 0 Å². The molecule has 3 nitrogen and oxygen atoms in total. The van der Waals surface area contributed by atoms with Crippen LogP contribution in [0.15, 0.2) is 0 Å². The van der Waals surface area contributed by atoms with Crippen LogP contribution in [0.25, 0.3) is 0 Å². The van der Waals surface area contributed by atoms with E-state index in [-0.39, 0.29) is 6.10 Å². The van der Waals surface area contributed by atoms with E-state index in [4.69, 9.17) is 4.74 Å². The average Bonchev–Trinajstić information content (AvgIpc) is 2.32. The highest BCUT2D eigenvalue weighted by molar-refractivity contribution is 5.88. The fourth-order valence-corrected chi connectivity index (χ4v) is 1.37. The molecule has 0 rings (SSSR count). The normalized spacial score (nSPS) is 11.4. The quantitative estimate of drug-likeness (QED) is 0.289. The largest absolute Gasteiger partial charge is 0.459 e. The minimum Gasteiger partial charge on any atom is -0.459 e. The first-order valence-corrected chi connectivity index (χ1v) is 5.86. The third-order valence-electron chi connectivity index (χ3n) is 2.37. The monoisotopic (exact) mass is 226 g/mol. The van der Waals surface area contributed by atoms with Crippen LogP contribution in [-0.2, 0) is 14.3 Å². The van der Waals surface area contributed by atoms with Crippen molar-refractivity contribution in [3.63, 3.8) is 0 Å². The summed E-state index contributed by atoms with van der Waals surface area (Å²) in [4.78, 5) is 10.8. The number of carbonyl (C=O) groups is 1. The molecule has 0 aromatic heterocycles. The highest BCUT2D eigenvalue weighted by Crippen LogP contribution is 2.08. The number of methoxy groups -OCH3 is 2. The lowest BCUT2D eigenvalue weighted by atomic mass is 10.1. The third-order valence-corrected chi connectivity index (χ3v) is 2.37. The SMILES string of the molecule is CCCCCCCC(C#CC(=O)OC)OC. The minimum absolute atomic E-state index is 0.152. The zero-order valence-corrected chi connectivity index (χ0v) is 10.5. The molecule has 0 radical (unpaired) electrons. The molecule has 0 amide bonds. The van der Waals surface area contributed by atoms with E-state index in [9.17, 15) is 4.79 Å². The number of esters is 1. The van der Waals surface area contributed by atoms with Gasteiger partial charge in [-0.3, -0.25) is 0 Å². The van der Waals surface area contributed by atoms with Crippen LogP contribution in [0, 0.1) is 11.8 Å². The summed E-state index contributed by atoms with van der Waals surface area (Å²) >= 11 is 0. The van der Waals surface area contributed by atoms with Gasteiger partial charge in [-0.1, -0.05) is 38.5 Å². The molecule has 0 saturated heterocycles. The van der Waals surface area contributed by atoms with Gasteiger partial charge in [-0.15, -0.1) is 0 Å². The van der Waals surface area contributed by atoms with Crippen LogP contribution < -0.4 is 0 Å². The molecule has 3 heteroatoms. The lowest BCUT2D eigenvalue weighted by molar-refractivity contribution is -0.133. The molecule has 1 atom stereocenters. The Morgan fingerprint density at radius 1 is 1.19 bits per heavy atom. The summed E-state index contributed by atoms with van der Waals surface area (Å²) in [6.07, 6.45) is 6.81. The Hall–Kier alpha value is -1.01. The van der Waals surface area contributed by atoms with E-state index in [1.54, 1.807) is 7.11 Å². The van der Waals surface area contributed by atoms with Crippen molar-refractivity contribution in [3.05, 3.63) is 0 Å². The number of ether oxygens (including phenoxy) is 2. The van der Waals surface area contributed by atoms with Crippen molar-refractivity contribution in [1.82, 2.24) is 0 Å². The first kappa shape index (κ1) is 15.0. The molecule has 0 aliphatic heterocycles. The molecule has 0 spiro atoms. The first-order valence-electron chi connectivity index (χ1n) is 5.86. The second-order valence-electron chi connectivity index (χ2n) is 3.69. The van der Waals surface area contributed by atoms with Crippen LogP contribution >= 0.6 is 0 Å². The van der Waals surface area contributed by atoms with E-state index < -0.39 is 5.97 Å². The topological polar surface area (TPSA) is 35.5 Å². The number of carbonyl (C=O) groups excluding carboxylic acids is 1. The molecule has 0 aliphatic carbocycles. The summed E-state index contributed by atoms with van der Waals surface area (Å²) in [6.45, 7) is 2.19. The van der Waals surface area contributed by atoms with Gasteiger partial charge in [-0.25, -0.2) is 4.79 Å². The summed E-state index contributed by atoms with van der Waals surface area (Å²) in [6, 6.07) is 0. The maximum Gasteiger partial charge on any atom is 0.384 e. The predicted octanol–water partition coefficient (Wildman–Crippen LogP) is 2.54. The molecule has 1 unspecified atom stereocenters. The third kappa shape index (κ3) is 8.31. The Labute approximate surface area is 98.5 Å². The molecule has 0 heterocycles. The van der Waals surface area contributed by atoms with E-state index in [0.717, 1.165) is 12.8 Å². The lowest BCUT2D eigenvalue weighted by Gasteiger charge is -2.07. The van der Waals surface area contributed by atoms with Crippen molar-refractivity contribution < 1.29 is 14.3 Å². The van der Waals surface area contributed by atoms with Gasteiger partial charge >= 0.3 is 5.97 Å². The Morgan fingerprint density at radius 3 is 2.44 bits per heavy atom. The van der Waals surface area contributed by atoms with Crippen molar-refractivity contribution in [3.8, 4) is 11.8 Å². The van der Waals surface area contributed by atoms with Gasteiger partial charge in [0.15, 0.2) is 0 Å². The first-order chi connectivity index (χ1) is 7.74. The Morgan fingerprint density at radius 2 is 1.88 bits per heavy atom. The van der Waals surface area contributed by atoms with Crippen molar-refractivity contribution in [2.45, 2.75) is 51.6 Å². The van der Waals surface area contributed by atoms with Crippen molar-refractivity contribution in [1.29, 1.82) is 0 Å². The van der Waals surface area contributed by atoms with Gasteiger partial charge in [0, 0.05) is 13.0 Å². The van der Waals surface area contributed by atoms with Crippen molar-refractivity contribution >= 4 is 5.97 Å². The summed E-state index contributed by atoms with van der Waals surface area (Å²) in [7, 11) is 2.94. The van der Waals surface area contributed by atoms with E-state index >= 15 is 0 Å². The van der Waals surface area contributed by atoms with Crippen molar-refractivity contribution in [2.24, 2.45) is 0 Å². The molecular formula is C13H22O3. The average molecular weight is 226 g/mol. The van der Waals surface area contributed by atoms with Crippen LogP contribution in [0.4, 0.5) is 0 Å². The number of hydrogen-bond acceptors (Lipinski definition) is 3. The van der Waals surface area contributed by atoms with Gasteiger partial charge in [-0.05, 0) is 12.8 Å². The summed E-state index contributed by atoms with van der Waals surface area (Å²) < 4.78 is 9.60. The highest BCUT2D eigenvalue weighted by atomic mass is 16.5. The predicted molar refractivity (Wildman–Crippen MR) is 64.0 cm³/mol. The van der Waals surface area contributed by atoms with Crippen molar-refractivity contribution in [2.75, 3.05) is 14.2 Å². The summed E-state index contributed by atoms with van der Waals surface area (Å²) in [5, 5.41) is 0. The standard InChI is InChI=1S/C13H22O3/c1-4-5-6-7-8-9-12(15-2)10-11-13(14)16-3/h12H,4-9H2,1-3H3. The second-order valence-corrected chi connectivity index (χ2v) is 3.69. The van der Waals surface area contributed by atoms with Crippen LogP contribution in [0.5, 0.6) is 0 Å². The Kier molecular flexibility index (Phi) is 9.84. The number of rotatable bonds is 7. The van der Waals surface area contributed by atoms with Crippen LogP contribution in [0.2, 0.25) is 0 Å². The van der Waals surface area contributed by atoms with Crippen LogP contribution in [-0.4, -0.2) is 26.3 Å². The highest BCUT2D eigenvalue weighted by Gasteiger charge is 2.03. The summed E-state index contributed by atoms with van der Waals surface area (Å²) in [5.41, 5.74) is 0. The molecular weight excluding hydrogens is 204 g/mol. The Bertz CT molecular complexity index is 237. The van der Waals surface area contributed by atoms with Gasteiger partial charge in [-0.2, -0.15) is 0 Å². The smallest absolute Gasteiger partial charge is 0.384 e. The fourth-order valence-electron chi connectivity index (χ4n) is 1.37. The van der Waals surface area contributed by atoms with Gasteiger partial charge in [0.1, 0.15) is 6.10 Å². The maximum atomic E-state index is 10.8. The summed E-state index contributed by atoms with van der Waals surface area (Å²) in [5.74, 6) is 4.66. The molecule has 0 bridgehead atoms. The van der Waals surface area contributed by atoms with Gasteiger partial charge < -0.3 is 9.47 Å². The van der Waals surface area contributed by atoms with Gasteiger partial charge in [0.2, 0.25) is 0 Å². The zero-order valence-electron chi connectivity index (χ0n) is 10.5. The fraction of sp³-hybridized carbons (Fsp3) is 0.769. The molecule has 16 heavy (non-hydrogen) atoms. The molecule has 0 N–H and O–H groups in total. The molecule has 0 aromatic carbocycles. The van der Waals surface area contributed by atoms with E-state index in [2.05, 4.69) is 23.5 Å².